The molecule has 1 aliphatic rings. The van der Waals surface area contributed by atoms with Crippen LogP contribution in [0.4, 0.5) is 0 Å². The number of aromatic nitrogens is 1. The second kappa shape index (κ2) is 6.45. The number of amides is 1. The second-order valence-electron chi connectivity index (χ2n) is 5.67. The van der Waals surface area contributed by atoms with Crippen LogP contribution >= 0.6 is 23.1 Å². The number of carbonyl (C=O) groups is 1. The van der Waals surface area contributed by atoms with Crippen molar-refractivity contribution in [3.63, 3.8) is 0 Å². The normalized spacial score (nSPS) is 17.4. The molecule has 0 radical (unpaired) electrons. The Labute approximate surface area is 128 Å². The molecule has 0 aromatic carbocycles. The summed E-state index contributed by atoms with van der Waals surface area (Å²) in [6.07, 6.45) is 0.544. The lowest BCUT2D eigenvalue weighted by Gasteiger charge is -2.49. The first kappa shape index (κ1) is 15.8. The highest BCUT2D eigenvalue weighted by atomic mass is 32.2. The Bertz CT molecular complexity index is 467. The Balaban J connectivity index is 1.62. The summed E-state index contributed by atoms with van der Waals surface area (Å²) in [5, 5.41) is 13.3. The lowest BCUT2D eigenvalue weighted by Crippen LogP contribution is -2.66. The van der Waals surface area contributed by atoms with E-state index < -0.39 is 5.60 Å². The lowest BCUT2D eigenvalue weighted by atomic mass is 9.83. The van der Waals surface area contributed by atoms with E-state index in [2.05, 4.69) is 10.4 Å². The van der Waals surface area contributed by atoms with Crippen molar-refractivity contribution in [1.29, 1.82) is 0 Å². The maximum Gasteiger partial charge on any atom is 0.223 e. The fourth-order valence-electron chi connectivity index (χ4n) is 2.13. The minimum atomic E-state index is -0.666. The molecule has 20 heavy (non-hydrogen) atoms. The zero-order valence-corrected chi connectivity index (χ0v) is 13.9. The monoisotopic (exact) mass is 314 g/mol. The number of hydrogen-bond donors (Lipinski definition) is 1. The number of rotatable bonds is 6. The number of β-amino-alcohol motifs (C(OH)–C–C–N with tert-alkyl or cyclic N) is 1. The molecule has 0 unspecified atom stereocenters. The molecular formula is C14H22N2O2S2. The van der Waals surface area contributed by atoms with Gasteiger partial charge >= 0.3 is 0 Å². The van der Waals surface area contributed by atoms with Crippen LogP contribution < -0.4 is 0 Å². The van der Waals surface area contributed by atoms with E-state index in [0.717, 1.165) is 22.2 Å². The number of nitrogens with zero attached hydrogens (tertiary/aromatic N) is 2. The van der Waals surface area contributed by atoms with Crippen molar-refractivity contribution in [2.75, 3.05) is 18.8 Å². The van der Waals surface area contributed by atoms with Crippen LogP contribution in [-0.2, 0) is 10.5 Å². The summed E-state index contributed by atoms with van der Waals surface area (Å²) >= 11 is 3.40. The van der Waals surface area contributed by atoms with Crippen molar-refractivity contribution in [1.82, 2.24) is 9.88 Å². The van der Waals surface area contributed by atoms with Crippen LogP contribution in [0.2, 0.25) is 0 Å². The third-order valence-electron chi connectivity index (χ3n) is 3.73. The highest BCUT2D eigenvalue weighted by Crippen LogP contribution is 2.29. The van der Waals surface area contributed by atoms with Crippen molar-refractivity contribution < 1.29 is 9.90 Å². The average Bonchev–Trinajstić information content (AvgIpc) is 2.76. The quantitative estimate of drug-likeness (QED) is 0.819. The predicted molar refractivity (Wildman–Crippen MR) is 84.0 cm³/mol. The summed E-state index contributed by atoms with van der Waals surface area (Å²) in [4.78, 5) is 18.1. The van der Waals surface area contributed by atoms with Crippen molar-refractivity contribution in [3.05, 3.63) is 16.1 Å². The molecule has 2 rings (SSSR count). The molecule has 1 saturated heterocycles. The largest absolute Gasteiger partial charge is 0.386 e. The third-order valence-corrected chi connectivity index (χ3v) is 5.55. The molecule has 0 bridgehead atoms. The molecule has 0 atom stereocenters. The minimum Gasteiger partial charge on any atom is -0.386 e. The molecule has 1 fully saturated rings. The number of aliphatic hydroxyl groups is 1. The molecule has 0 saturated carbocycles. The van der Waals surface area contributed by atoms with Gasteiger partial charge in [-0.2, -0.15) is 11.8 Å². The Morgan fingerprint density at radius 1 is 1.60 bits per heavy atom. The van der Waals surface area contributed by atoms with Gasteiger partial charge in [-0.3, -0.25) is 4.79 Å². The van der Waals surface area contributed by atoms with Gasteiger partial charge < -0.3 is 10.0 Å². The van der Waals surface area contributed by atoms with Crippen LogP contribution in [0.1, 0.15) is 31.0 Å². The Morgan fingerprint density at radius 3 is 2.85 bits per heavy atom. The number of carbonyl (C=O) groups excluding carboxylic acids is 1. The third kappa shape index (κ3) is 3.74. The first-order valence-electron chi connectivity index (χ1n) is 6.89. The van der Waals surface area contributed by atoms with E-state index >= 15 is 0 Å². The van der Waals surface area contributed by atoms with Gasteiger partial charge in [-0.05, 0) is 12.8 Å². The fourth-order valence-corrected chi connectivity index (χ4v) is 3.66. The molecule has 0 spiro atoms. The zero-order valence-electron chi connectivity index (χ0n) is 12.3. The number of thioether (sulfide) groups is 1. The van der Waals surface area contributed by atoms with E-state index in [1.54, 1.807) is 28.0 Å². The summed E-state index contributed by atoms with van der Waals surface area (Å²) in [7, 11) is 0. The maximum absolute atomic E-state index is 11.9. The molecule has 0 aliphatic carbocycles. The van der Waals surface area contributed by atoms with Gasteiger partial charge in [0, 0.05) is 23.3 Å². The van der Waals surface area contributed by atoms with Crippen LogP contribution in [0.25, 0.3) is 0 Å². The summed E-state index contributed by atoms with van der Waals surface area (Å²) in [6.45, 7) is 6.96. The number of aryl methyl sites for hydroxylation is 1. The summed E-state index contributed by atoms with van der Waals surface area (Å²) in [5.41, 5.74) is 0.434. The summed E-state index contributed by atoms with van der Waals surface area (Å²) in [5.74, 6) is 2.03. The SMILES string of the molecule is Cc1nc(CSCCC(=O)N2CC(O)(C(C)C)C2)cs1. The molecule has 1 N–H and O–H groups in total. The Hall–Kier alpha value is -0.590. The van der Waals surface area contributed by atoms with Crippen LogP contribution in [0.5, 0.6) is 0 Å². The van der Waals surface area contributed by atoms with Gasteiger partial charge in [-0.15, -0.1) is 11.3 Å². The van der Waals surface area contributed by atoms with Crippen LogP contribution in [0.3, 0.4) is 0 Å². The standard InChI is InChI=1S/C14H22N2O2S2/c1-10(2)14(18)8-16(9-14)13(17)4-5-19-6-12-7-20-11(3)15-12/h7,10,18H,4-6,8-9H2,1-3H3. The highest BCUT2D eigenvalue weighted by Gasteiger charge is 2.45. The van der Waals surface area contributed by atoms with Gasteiger partial charge in [0.05, 0.1) is 23.8 Å². The summed E-state index contributed by atoms with van der Waals surface area (Å²) < 4.78 is 0. The number of thiazole rings is 1. The van der Waals surface area contributed by atoms with Crippen molar-refractivity contribution in [3.8, 4) is 0 Å². The predicted octanol–water partition coefficient (Wildman–Crippen LogP) is 2.30. The van der Waals surface area contributed by atoms with E-state index in [1.807, 2.05) is 20.8 Å². The molecule has 1 amide bonds. The molecule has 4 nitrogen and oxygen atoms in total. The highest BCUT2D eigenvalue weighted by molar-refractivity contribution is 7.98. The molecule has 2 heterocycles. The summed E-state index contributed by atoms with van der Waals surface area (Å²) in [6, 6.07) is 0. The molecule has 1 aliphatic heterocycles. The van der Waals surface area contributed by atoms with E-state index in [4.69, 9.17) is 0 Å². The van der Waals surface area contributed by atoms with Gasteiger partial charge in [0.15, 0.2) is 0 Å². The van der Waals surface area contributed by atoms with Gasteiger partial charge in [0.2, 0.25) is 5.91 Å². The van der Waals surface area contributed by atoms with Crippen molar-refractivity contribution in [2.24, 2.45) is 5.92 Å². The Morgan fingerprint density at radius 2 is 2.30 bits per heavy atom. The van der Waals surface area contributed by atoms with E-state index in [9.17, 15) is 9.90 Å². The van der Waals surface area contributed by atoms with Gasteiger partial charge in [-0.1, -0.05) is 13.8 Å². The average molecular weight is 314 g/mol. The smallest absolute Gasteiger partial charge is 0.223 e. The fraction of sp³-hybridized carbons (Fsp3) is 0.714. The molecule has 1 aromatic rings. The minimum absolute atomic E-state index is 0.150. The van der Waals surface area contributed by atoms with E-state index in [1.165, 1.54) is 0 Å². The molecule has 112 valence electrons. The number of likely N-dealkylation sites (tertiary alicyclic amines) is 1. The maximum atomic E-state index is 11.9. The van der Waals surface area contributed by atoms with Crippen molar-refractivity contribution in [2.45, 2.75) is 38.5 Å². The first-order chi connectivity index (χ1) is 9.40. The van der Waals surface area contributed by atoms with Crippen LogP contribution in [-0.4, -0.2) is 45.3 Å². The molecule has 1 aromatic heterocycles. The van der Waals surface area contributed by atoms with Crippen LogP contribution in [0, 0.1) is 12.8 Å². The topological polar surface area (TPSA) is 53.4 Å². The van der Waals surface area contributed by atoms with Gasteiger partial charge in [-0.25, -0.2) is 4.98 Å². The number of hydrogen-bond acceptors (Lipinski definition) is 5. The Kier molecular flexibility index (Phi) is 5.09. The first-order valence-corrected chi connectivity index (χ1v) is 8.93. The van der Waals surface area contributed by atoms with Gasteiger partial charge in [0.25, 0.3) is 0 Å². The lowest BCUT2D eigenvalue weighted by molar-refractivity contribution is -0.163. The van der Waals surface area contributed by atoms with Crippen LogP contribution in [0.15, 0.2) is 5.38 Å². The zero-order chi connectivity index (χ0) is 14.8. The van der Waals surface area contributed by atoms with Crippen molar-refractivity contribution >= 4 is 29.0 Å². The van der Waals surface area contributed by atoms with Gasteiger partial charge in [0.1, 0.15) is 5.60 Å². The van der Waals surface area contributed by atoms with E-state index in [0.29, 0.717) is 19.5 Å². The van der Waals surface area contributed by atoms with E-state index in [-0.39, 0.29) is 11.8 Å². The molecule has 6 heteroatoms. The molecular weight excluding hydrogens is 292 g/mol. The second-order valence-corrected chi connectivity index (χ2v) is 7.84.